The SMILES string of the molecule is COc1cc(OC)cc(C(=O)OCC(=O)NCCSc2ccc(C)cc2)c1. The van der Waals surface area contributed by atoms with Gasteiger partial charge in [-0.15, -0.1) is 11.8 Å². The molecule has 0 heterocycles. The molecular formula is C20H23NO5S. The molecular weight excluding hydrogens is 366 g/mol. The standard InChI is InChI=1S/C20H23NO5S/c1-14-4-6-18(7-5-14)27-9-8-21-19(22)13-26-20(23)15-10-16(24-2)12-17(11-15)25-3/h4-7,10-12H,8-9,13H2,1-3H3,(H,21,22). The number of hydrogen-bond donors (Lipinski definition) is 1. The normalized spacial score (nSPS) is 10.2. The molecule has 0 aliphatic carbocycles. The predicted octanol–water partition coefficient (Wildman–Crippen LogP) is 3.08. The summed E-state index contributed by atoms with van der Waals surface area (Å²) in [5, 5.41) is 2.73. The number of amides is 1. The highest BCUT2D eigenvalue weighted by molar-refractivity contribution is 7.99. The summed E-state index contributed by atoms with van der Waals surface area (Å²) in [5.41, 5.74) is 1.47. The van der Waals surface area contributed by atoms with Crippen molar-refractivity contribution >= 4 is 23.6 Å². The molecule has 0 unspecified atom stereocenters. The van der Waals surface area contributed by atoms with Crippen molar-refractivity contribution in [1.29, 1.82) is 0 Å². The van der Waals surface area contributed by atoms with Gasteiger partial charge in [-0.05, 0) is 31.2 Å². The fourth-order valence-electron chi connectivity index (χ4n) is 2.18. The third kappa shape index (κ3) is 6.86. The van der Waals surface area contributed by atoms with E-state index in [1.807, 2.05) is 31.2 Å². The Bertz CT molecular complexity index is 754. The minimum absolute atomic E-state index is 0.258. The van der Waals surface area contributed by atoms with Crippen LogP contribution in [0, 0.1) is 6.92 Å². The van der Waals surface area contributed by atoms with Crippen molar-refractivity contribution < 1.29 is 23.8 Å². The molecule has 0 fully saturated rings. The lowest BCUT2D eigenvalue weighted by Gasteiger charge is -2.09. The Hall–Kier alpha value is -2.67. The molecule has 0 spiro atoms. The van der Waals surface area contributed by atoms with Gasteiger partial charge in [-0.3, -0.25) is 4.79 Å². The van der Waals surface area contributed by atoms with E-state index in [-0.39, 0.29) is 18.1 Å². The summed E-state index contributed by atoms with van der Waals surface area (Å²) in [7, 11) is 2.98. The molecule has 6 nitrogen and oxygen atoms in total. The molecule has 0 aromatic heterocycles. The lowest BCUT2D eigenvalue weighted by molar-refractivity contribution is -0.124. The average Bonchev–Trinajstić information content (AvgIpc) is 2.70. The molecule has 27 heavy (non-hydrogen) atoms. The molecule has 7 heteroatoms. The largest absolute Gasteiger partial charge is 0.497 e. The second-order valence-corrected chi connectivity index (χ2v) is 6.86. The van der Waals surface area contributed by atoms with Crippen LogP contribution < -0.4 is 14.8 Å². The maximum atomic E-state index is 12.1. The Morgan fingerprint density at radius 3 is 2.22 bits per heavy atom. The van der Waals surface area contributed by atoms with Gasteiger partial charge in [-0.2, -0.15) is 0 Å². The van der Waals surface area contributed by atoms with Crippen molar-refractivity contribution in [3.8, 4) is 11.5 Å². The number of nitrogens with one attached hydrogen (secondary N) is 1. The van der Waals surface area contributed by atoms with Gasteiger partial charge in [0.2, 0.25) is 0 Å². The highest BCUT2D eigenvalue weighted by atomic mass is 32.2. The number of carbonyl (C=O) groups is 2. The van der Waals surface area contributed by atoms with E-state index < -0.39 is 5.97 Å². The van der Waals surface area contributed by atoms with Crippen LogP contribution >= 0.6 is 11.8 Å². The van der Waals surface area contributed by atoms with Crippen molar-refractivity contribution in [1.82, 2.24) is 5.32 Å². The van der Waals surface area contributed by atoms with Crippen molar-refractivity contribution in [2.24, 2.45) is 0 Å². The zero-order chi connectivity index (χ0) is 19.6. The van der Waals surface area contributed by atoms with Crippen molar-refractivity contribution in [2.75, 3.05) is 33.1 Å². The maximum absolute atomic E-state index is 12.1. The van der Waals surface area contributed by atoms with E-state index >= 15 is 0 Å². The maximum Gasteiger partial charge on any atom is 0.338 e. The second-order valence-electron chi connectivity index (χ2n) is 5.69. The topological polar surface area (TPSA) is 73.9 Å². The molecule has 0 bridgehead atoms. The molecule has 0 radical (unpaired) electrons. The first-order valence-corrected chi connectivity index (χ1v) is 9.36. The van der Waals surface area contributed by atoms with E-state index in [0.717, 1.165) is 10.6 Å². The quantitative estimate of drug-likeness (QED) is 0.404. The third-order valence-electron chi connectivity index (χ3n) is 3.64. The first-order chi connectivity index (χ1) is 13.0. The number of aryl methyl sites for hydroxylation is 1. The Morgan fingerprint density at radius 1 is 1.00 bits per heavy atom. The van der Waals surface area contributed by atoms with Crippen LogP contribution in [0.5, 0.6) is 11.5 Å². The van der Waals surface area contributed by atoms with Gasteiger partial charge in [0.25, 0.3) is 5.91 Å². The number of carbonyl (C=O) groups excluding carboxylic acids is 2. The molecule has 0 saturated heterocycles. The molecule has 1 amide bonds. The molecule has 2 rings (SSSR count). The summed E-state index contributed by atoms with van der Waals surface area (Å²) in [6, 6.07) is 12.9. The minimum Gasteiger partial charge on any atom is -0.497 e. The van der Waals surface area contributed by atoms with Gasteiger partial charge >= 0.3 is 5.97 Å². The molecule has 2 aromatic carbocycles. The van der Waals surface area contributed by atoms with Crippen LogP contribution in [0.15, 0.2) is 47.4 Å². The van der Waals surface area contributed by atoms with Crippen molar-refractivity contribution in [3.63, 3.8) is 0 Å². The summed E-state index contributed by atoms with van der Waals surface area (Å²) in [6.07, 6.45) is 0. The van der Waals surface area contributed by atoms with E-state index in [9.17, 15) is 9.59 Å². The zero-order valence-corrected chi connectivity index (χ0v) is 16.4. The molecule has 0 atom stereocenters. The molecule has 2 aromatic rings. The average molecular weight is 389 g/mol. The number of benzene rings is 2. The highest BCUT2D eigenvalue weighted by Crippen LogP contribution is 2.23. The Balaban J connectivity index is 1.73. The van der Waals surface area contributed by atoms with Crippen LogP contribution in [-0.2, 0) is 9.53 Å². The molecule has 1 N–H and O–H groups in total. The van der Waals surface area contributed by atoms with Gasteiger partial charge in [-0.25, -0.2) is 4.79 Å². The Morgan fingerprint density at radius 2 is 1.63 bits per heavy atom. The molecule has 144 valence electrons. The smallest absolute Gasteiger partial charge is 0.338 e. The number of methoxy groups -OCH3 is 2. The summed E-state index contributed by atoms with van der Waals surface area (Å²) in [5.74, 6) is 0.715. The Labute approximate surface area is 163 Å². The van der Waals surface area contributed by atoms with E-state index in [0.29, 0.717) is 18.0 Å². The number of thioether (sulfide) groups is 1. The van der Waals surface area contributed by atoms with E-state index in [2.05, 4.69) is 5.32 Å². The summed E-state index contributed by atoms with van der Waals surface area (Å²) >= 11 is 1.65. The van der Waals surface area contributed by atoms with Gasteiger partial charge in [-0.1, -0.05) is 17.7 Å². The van der Waals surface area contributed by atoms with E-state index in [1.54, 1.807) is 17.8 Å². The van der Waals surface area contributed by atoms with E-state index in [4.69, 9.17) is 14.2 Å². The van der Waals surface area contributed by atoms with Crippen LogP contribution in [0.2, 0.25) is 0 Å². The number of rotatable bonds is 9. The highest BCUT2D eigenvalue weighted by Gasteiger charge is 2.13. The molecule has 0 aliphatic rings. The van der Waals surface area contributed by atoms with E-state index in [1.165, 1.54) is 31.9 Å². The second kappa shape index (κ2) is 10.5. The number of ether oxygens (including phenoxy) is 3. The Kier molecular flexibility index (Phi) is 8.00. The minimum atomic E-state index is -0.614. The summed E-state index contributed by atoms with van der Waals surface area (Å²) < 4.78 is 15.3. The predicted molar refractivity (Wildman–Crippen MR) is 105 cm³/mol. The lowest BCUT2D eigenvalue weighted by atomic mass is 10.2. The van der Waals surface area contributed by atoms with Crippen LogP contribution in [-0.4, -0.2) is 45.0 Å². The monoisotopic (exact) mass is 389 g/mol. The lowest BCUT2D eigenvalue weighted by Crippen LogP contribution is -2.30. The van der Waals surface area contributed by atoms with Gasteiger partial charge in [0.15, 0.2) is 6.61 Å². The van der Waals surface area contributed by atoms with Crippen LogP contribution in [0.4, 0.5) is 0 Å². The van der Waals surface area contributed by atoms with Crippen LogP contribution in [0.1, 0.15) is 15.9 Å². The summed E-state index contributed by atoms with van der Waals surface area (Å²) in [4.78, 5) is 25.1. The fraction of sp³-hybridized carbons (Fsp3) is 0.300. The first-order valence-electron chi connectivity index (χ1n) is 8.38. The first kappa shape index (κ1) is 20.6. The fourth-order valence-corrected chi connectivity index (χ4v) is 2.95. The van der Waals surface area contributed by atoms with Gasteiger partial charge in [0.05, 0.1) is 19.8 Å². The van der Waals surface area contributed by atoms with Gasteiger partial charge < -0.3 is 19.5 Å². The number of esters is 1. The van der Waals surface area contributed by atoms with Crippen molar-refractivity contribution in [2.45, 2.75) is 11.8 Å². The zero-order valence-electron chi connectivity index (χ0n) is 15.6. The van der Waals surface area contributed by atoms with Crippen molar-refractivity contribution in [3.05, 3.63) is 53.6 Å². The molecule has 0 saturated carbocycles. The third-order valence-corrected chi connectivity index (χ3v) is 4.65. The van der Waals surface area contributed by atoms with Gasteiger partial charge in [0, 0.05) is 23.3 Å². The molecule has 0 aliphatic heterocycles. The summed E-state index contributed by atoms with van der Waals surface area (Å²) in [6.45, 7) is 2.19. The van der Waals surface area contributed by atoms with Crippen LogP contribution in [0.25, 0.3) is 0 Å². The van der Waals surface area contributed by atoms with Crippen LogP contribution in [0.3, 0.4) is 0 Å². The number of hydrogen-bond acceptors (Lipinski definition) is 6. The van der Waals surface area contributed by atoms with Gasteiger partial charge in [0.1, 0.15) is 11.5 Å².